The summed E-state index contributed by atoms with van der Waals surface area (Å²) in [6.07, 6.45) is 0.645. The third-order valence-electron chi connectivity index (χ3n) is 5.65. The molecule has 1 N–H and O–H groups in total. The molecule has 1 fully saturated rings. The molecular formula is C21H33NO4Si. The Morgan fingerprint density at radius 1 is 1.33 bits per heavy atom. The van der Waals surface area contributed by atoms with Gasteiger partial charge in [-0.15, -0.1) is 6.58 Å². The number of hydrogen-bond acceptors (Lipinski definition) is 4. The number of amides is 1. The molecule has 150 valence electrons. The minimum atomic E-state index is -2.06. The lowest BCUT2D eigenvalue weighted by molar-refractivity contribution is 0.0421. The standard InChI is InChI=1S/C21H33NO4Si/c1-7-11-17-19(23)18(26-27(5,6)21(2,3)4)14-22(17)20(24)25-15-16-12-9-8-10-13-16/h7-10,12-13,17-19,23H,1,11,14-15H2,2-6H3/t17-,18+,19-/m1/s1. The van der Waals surface area contributed by atoms with Crippen molar-refractivity contribution in [3.05, 3.63) is 48.6 Å². The number of ether oxygens (including phenoxy) is 1. The Morgan fingerprint density at radius 2 is 1.96 bits per heavy atom. The first-order valence-electron chi connectivity index (χ1n) is 9.51. The van der Waals surface area contributed by atoms with Gasteiger partial charge in [0.2, 0.25) is 0 Å². The van der Waals surface area contributed by atoms with Crippen molar-refractivity contribution in [2.24, 2.45) is 0 Å². The van der Waals surface area contributed by atoms with Gasteiger partial charge in [-0.2, -0.15) is 0 Å². The van der Waals surface area contributed by atoms with Gasteiger partial charge in [0.15, 0.2) is 8.32 Å². The molecule has 0 aliphatic carbocycles. The highest BCUT2D eigenvalue weighted by molar-refractivity contribution is 6.74. The molecule has 5 nitrogen and oxygen atoms in total. The quantitative estimate of drug-likeness (QED) is 0.579. The molecule has 0 aromatic heterocycles. The number of benzene rings is 1. The van der Waals surface area contributed by atoms with Crippen molar-refractivity contribution in [2.75, 3.05) is 6.54 Å². The van der Waals surface area contributed by atoms with Gasteiger partial charge in [0.25, 0.3) is 0 Å². The Kier molecular flexibility index (Phi) is 6.89. The van der Waals surface area contributed by atoms with Crippen LogP contribution in [0, 0.1) is 0 Å². The molecule has 6 heteroatoms. The predicted octanol–water partition coefficient (Wildman–Crippen LogP) is 4.33. The monoisotopic (exact) mass is 391 g/mol. The Bertz CT molecular complexity index is 641. The lowest BCUT2D eigenvalue weighted by Crippen LogP contribution is -2.47. The maximum absolute atomic E-state index is 12.7. The van der Waals surface area contributed by atoms with Crippen LogP contribution in [0.4, 0.5) is 4.79 Å². The average Bonchev–Trinajstić information content (AvgIpc) is 2.89. The van der Waals surface area contributed by atoms with E-state index >= 15 is 0 Å². The summed E-state index contributed by atoms with van der Waals surface area (Å²) in [6.45, 7) is 15.1. The Labute approximate surface area is 164 Å². The Morgan fingerprint density at radius 3 is 2.52 bits per heavy atom. The highest BCUT2D eigenvalue weighted by atomic mass is 28.4. The van der Waals surface area contributed by atoms with Crippen molar-refractivity contribution in [1.82, 2.24) is 4.90 Å². The van der Waals surface area contributed by atoms with Crippen LogP contribution >= 0.6 is 0 Å². The first-order chi connectivity index (χ1) is 12.6. The second-order valence-corrected chi connectivity index (χ2v) is 13.4. The molecule has 0 saturated carbocycles. The van der Waals surface area contributed by atoms with E-state index in [4.69, 9.17) is 9.16 Å². The molecule has 1 heterocycles. The molecule has 1 aromatic rings. The number of nitrogens with zero attached hydrogens (tertiary/aromatic N) is 1. The number of likely N-dealkylation sites (tertiary alicyclic amines) is 1. The van der Waals surface area contributed by atoms with Gasteiger partial charge < -0.3 is 14.3 Å². The molecule has 1 aromatic carbocycles. The number of hydrogen-bond donors (Lipinski definition) is 1. The molecular weight excluding hydrogens is 358 g/mol. The van der Waals surface area contributed by atoms with Crippen molar-refractivity contribution in [2.45, 2.75) is 70.2 Å². The van der Waals surface area contributed by atoms with Crippen LogP contribution in [0.1, 0.15) is 32.8 Å². The average molecular weight is 392 g/mol. The van der Waals surface area contributed by atoms with Crippen molar-refractivity contribution in [3.8, 4) is 0 Å². The van der Waals surface area contributed by atoms with Crippen LogP contribution in [-0.4, -0.2) is 49.2 Å². The molecule has 0 unspecified atom stereocenters. The molecule has 0 bridgehead atoms. The molecule has 3 atom stereocenters. The third kappa shape index (κ3) is 5.21. The topological polar surface area (TPSA) is 59.0 Å². The van der Waals surface area contributed by atoms with Gasteiger partial charge in [0, 0.05) is 0 Å². The second kappa shape index (κ2) is 8.58. The Hall–Kier alpha value is -1.63. The number of aliphatic hydroxyl groups is 1. The van der Waals surface area contributed by atoms with Crippen LogP contribution in [0.5, 0.6) is 0 Å². The van der Waals surface area contributed by atoms with Crippen LogP contribution in [0.2, 0.25) is 18.1 Å². The van der Waals surface area contributed by atoms with Crippen LogP contribution < -0.4 is 0 Å². The fraction of sp³-hybridized carbons (Fsp3) is 0.571. The van der Waals surface area contributed by atoms with E-state index in [1.807, 2.05) is 30.3 Å². The normalized spacial score (nSPS) is 23.3. The summed E-state index contributed by atoms with van der Waals surface area (Å²) >= 11 is 0. The predicted molar refractivity (Wildman–Crippen MR) is 110 cm³/mol. The summed E-state index contributed by atoms with van der Waals surface area (Å²) in [5.41, 5.74) is 0.930. The van der Waals surface area contributed by atoms with Gasteiger partial charge in [0.1, 0.15) is 12.7 Å². The van der Waals surface area contributed by atoms with E-state index in [0.29, 0.717) is 13.0 Å². The minimum Gasteiger partial charge on any atom is -0.445 e. The summed E-state index contributed by atoms with van der Waals surface area (Å²) in [7, 11) is -2.06. The van der Waals surface area contributed by atoms with E-state index < -0.39 is 26.6 Å². The first kappa shape index (κ1) is 21.7. The lowest BCUT2D eigenvalue weighted by atomic mass is 10.1. The zero-order valence-corrected chi connectivity index (χ0v) is 18.1. The van der Waals surface area contributed by atoms with E-state index in [0.717, 1.165) is 5.56 Å². The molecule has 1 aliphatic rings. The zero-order chi connectivity index (χ0) is 20.2. The van der Waals surface area contributed by atoms with Gasteiger partial charge >= 0.3 is 6.09 Å². The van der Waals surface area contributed by atoms with Crippen molar-refractivity contribution >= 4 is 14.4 Å². The second-order valence-electron chi connectivity index (χ2n) is 8.69. The van der Waals surface area contributed by atoms with Crippen LogP contribution in [0.15, 0.2) is 43.0 Å². The smallest absolute Gasteiger partial charge is 0.410 e. The summed E-state index contributed by atoms with van der Waals surface area (Å²) in [5, 5.41) is 10.8. The third-order valence-corrected chi connectivity index (χ3v) is 10.2. The highest BCUT2D eigenvalue weighted by Crippen LogP contribution is 2.39. The molecule has 0 radical (unpaired) electrons. The fourth-order valence-electron chi connectivity index (χ4n) is 2.98. The van der Waals surface area contributed by atoms with Gasteiger partial charge in [-0.3, -0.25) is 4.90 Å². The van der Waals surface area contributed by atoms with E-state index in [-0.39, 0.29) is 17.7 Å². The number of rotatable bonds is 6. The van der Waals surface area contributed by atoms with Gasteiger partial charge in [-0.1, -0.05) is 57.2 Å². The minimum absolute atomic E-state index is 0.0297. The van der Waals surface area contributed by atoms with Crippen molar-refractivity contribution in [3.63, 3.8) is 0 Å². The summed E-state index contributed by atoms with van der Waals surface area (Å²) < 4.78 is 11.9. The summed E-state index contributed by atoms with van der Waals surface area (Å²) in [5.74, 6) is 0. The largest absolute Gasteiger partial charge is 0.445 e. The van der Waals surface area contributed by atoms with Gasteiger partial charge in [-0.05, 0) is 30.1 Å². The lowest BCUT2D eigenvalue weighted by Gasteiger charge is -2.39. The van der Waals surface area contributed by atoms with Gasteiger partial charge in [-0.25, -0.2) is 4.79 Å². The van der Waals surface area contributed by atoms with Crippen LogP contribution in [0.3, 0.4) is 0 Å². The molecule has 1 saturated heterocycles. The van der Waals surface area contributed by atoms with E-state index in [2.05, 4.69) is 40.4 Å². The molecule has 27 heavy (non-hydrogen) atoms. The van der Waals surface area contributed by atoms with Crippen LogP contribution in [-0.2, 0) is 15.8 Å². The maximum atomic E-state index is 12.7. The molecule has 1 amide bonds. The fourth-order valence-corrected chi connectivity index (χ4v) is 4.31. The van der Waals surface area contributed by atoms with Crippen molar-refractivity contribution in [1.29, 1.82) is 0 Å². The first-order valence-corrected chi connectivity index (χ1v) is 12.4. The molecule has 2 rings (SSSR count). The summed E-state index contributed by atoms with van der Waals surface area (Å²) in [4.78, 5) is 14.3. The number of carbonyl (C=O) groups excluding carboxylic acids is 1. The maximum Gasteiger partial charge on any atom is 0.410 e. The Balaban J connectivity index is 2.08. The van der Waals surface area contributed by atoms with E-state index in [1.165, 1.54) is 0 Å². The number of aliphatic hydroxyl groups excluding tert-OH is 1. The number of carbonyl (C=O) groups is 1. The van der Waals surface area contributed by atoms with Gasteiger partial charge in [0.05, 0.1) is 18.7 Å². The molecule has 0 spiro atoms. The SMILES string of the molecule is C=CC[C@@H]1[C@@H](O)[C@@H](O[Si](C)(C)C(C)(C)C)CN1C(=O)OCc1ccccc1. The zero-order valence-electron chi connectivity index (χ0n) is 17.1. The van der Waals surface area contributed by atoms with E-state index in [1.54, 1.807) is 11.0 Å². The molecule has 1 aliphatic heterocycles. The van der Waals surface area contributed by atoms with Crippen molar-refractivity contribution < 1.29 is 19.1 Å². The van der Waals surface area contributed by atoms with Crippen LogP contribution in [0.25, 0.3) is 0 Å². The van der Waals surface area contributed by atoms with E-state index in [9.17, 15) is 9.90 Å². The summed E-state index contributed by atoms with van der Waals surface area (Å²) in [6, 6.07) is 9.19. The highest BCUT2D eigenvalue weighted by Gasteiger charge is 2.48.